The molecule has 3 rings (SSSR count). The minimum absolute atomic E-state index is 0.596. The monoisotopic (exact) mass is 591 g/mol. The Balaban J connectivity index is 1.62. The molecule has 0 radical (unpaired) electrons. The van der Waals surface area contributed by atoms with E-state index in [1.165, 1.54) is 0 Å². The van der Waals surface area contributed by atoms with Crippen molar-refractivity contribution in [3.8, 4) is 0 Å². The van der Waals surface area contributed by atoms with Gasteiger partial charge in [0.15, 0.2) is 12.5 Å². The Morgan fingerprint density at radius 3 is 2.29 bits per heavy atom. The Morgan fingerprint density at radius 2 is 1.66 bits per heavy atom. The highest BCUT2D eigenvalue weighted by Gasteiger charge is 2.49. The van der Waals surface area contributed by atoms with Crippen LogP contribution in [0.15, 0.2) is 27.0 Å². The Hall–Kier alpha value is -2.03. The molecule has 3 heterocycles. The first kappa shape index (κ1) is 30.5. The molecule has 1 aromatic heterocycles. The molecule has 11 atom stereocenters. The average molecular weight is 591 g/mol. The summed E-state index contributed by atoms with van der Waals surface area (Å²) in [6.45, 7) is -1.64. The van der Waals surface area contributed by atoms with Crippen molar-refractivity contribution in [3.05, 3.63) is 43.5 Å². The third kappa shape index (κ3) is 7.13. The number of phosphoric acid groups is 2. The number of rotatable bonds is 10. The summed E-state index contributed by atoms with van der Waals surface area (Å²) in [5.74, 6) is 0. The van der Waals surface area contributed by atoms with E-state index in [1.807, 2.05) is 4.98 Å². The SMILES string of the molecule is [N-]=[N+]=NC[C@H]1O[C@H](OP(=O)(O)OP(=O)(O)OC[C@H]2O[C@@H](n3ccc(=O)[nH]c3=O)[C@H](O)[C@@H]2O)[C@H](O)[C@@H](O)[C@@H]1O. The summed E-state index contributed by atoms with van der Waals surface area (Å²) in [5, 5.41) is 53.1. The van der Waals surface area contributed by atoms with Crippen molar-refractivity contribution in [2.24, 2.45) is 5.11 Å². The molecule has 0 aromatic carbocycles. The first-order valence-electron chi connectivity index (χ1n) is 10.4. The molecule has 0 saturated carbocycles. The van der Waals surface area contributed by atoms with Crippen LogP contribution in [0.4, 0.5) is 0 Å². The van der Waals surface area contributed by atoms with Gasteiger partial charge in [0.2, 0.25) is 0 Å². The van der Waals surface area contributed by atoms with Crippen LogP contribution in [0.1, 0.15) is 6.23 Å². The maximum absolute atomic E-state index is 12.3. The minimum Gasteiger partial charge on any atom is -0.388 e. The number of H-pyrrole nitrogens is 1. The van der Waals surface area contributed by atoms with Crippen molar-refractivity contribution < 1.29 is 67.3 Å². The maximum Gasteiger partial charge on any atom is 0.483 e. The molecule has 1 aromatic rings. The molecule has 2 aliphatic heterocycles. The number of aliphatic hydroxyl groups excluding tert-OH is 5. The second kappa shape index (κ2) is 12.0. The first-order valence-corrected chi connectivity index (χ1v) is 13.4. The molecule has 23 heteroatoms. The van der Waals surface area contributed by atoms with E-state index < -0.39 is 95.3 Å². The standard InChI is InChI=1S/C15H23N5O16P2/c16-19-17-3-5-8(22)10(24)12(26)14(34-5)35-38(30,31)36-37(28,29)32-4-6-9(23)11(25)13(33-6)20-2-1-7(21)18-15(20)27/h1-2,5-6,8-14,22-26H,3-4H2,(H,28,29)(H,30,31)(H,18,21,27)/t5-,6-,8-,9-,10+,11-,12-,13-,14-/m1/s1. The molecule has 214 valence electrons. The lowest BCUT2D eigenvalue weighted by Crippen LogP contribution is -2.58. The lowest BCUT2D eigenvalue weighted by atomic mass is 9.99. The van der Waals surface area contributed by atoms with Gasteiger partial charge in [-0.15, -0.1) is 0 Å². The van der Waals surface area contributed by atoms with Gasteiger partial charge in [-0.2, -0.15) is 4.31 Å². The highest BCUT2D eigenvalue weighted by molar-refractivity contribution is 7.61. The third-order valence-corrected chi connectivity index (χ3v) is 7.90. The Bertz CT molecular complexity index is 1250. The predicted molar refractivity (Wildman–Crippen MR) is 116 cm³/mol. The summed E-state index contributed by atoms with van der Waals surface area (Å²) >= 11 is 0. The molecule has 38 heavy (non-hydrogen) atoms. The van der Waals surface area contributed by atoms with Crippen LogP contribution in [0.5, 0.6) is 0 Å². The van der Waals surface area contributed by atoms with Crippen LogP contribution in [-0.4, -0.2) is 107 Å². The van der Waals surface area contributed by atoms with Crippen LogP contribution < -0.4 is 11.2 Å². The maximum atomic E-state index is 12.3. The summed E-state index contributed by atoms with van der Waals surface area (Å²) in [5.41, 5.74) is 6.61. The normalized spacial score (nSPS) is 36.7. The zero-order valence-electron chi connectivity index (χ0n) is 18.8. The van der Waals surface area contributed by atoms with Crippen molar-refractivity contribution in [2.75, 3.05) is 13.2 Å². The van der Waals surface area contributed by atoms with E-state index >= 15 is 0 Å². The molecule has 2 fully saturated rings. The number of hydrogen-bond donors (Lipinski definition) is 8. The van der Waals surface area contributed by atoms with Gasteiger partial charge in [-0.3, -0.25) is 23.4 Å². The van der Waals surface area contributed by atoms with Gasteiger partial charge in [0.1, 0.15) is 36.6 Å². The van der Waals surface area contributed by atoms with Crippen LogP contribution in [0.2, 0.25) is 0 Å². The van der Waals surface area contributed by atoms with E-state index in [2.05, 4.69) is 23.4 Å². The highest BCUT2D eigenvalue weighted by atomic mass is 31.3. The molecule has 8 N–H and O–H groups in total. The van der Waals surface area contributed by atoms with Crippen LogP contribution in [0.25, 0.3) is 10.4 Å². The van der Waals surface area contributed by atoms with E-state index in [-0.39, 0.29) is 0 Å². The van der Waals surface area contributed by atoms with E-state index in [4.69, 9.17) is 15.0 Å². The van der Waals surface area contributed by atoms with Crippen molar-refractivity contribution in [1.29, 1.82) is 0 Å². The van der Waals surface area contributed by atoms with Gasteiger partial charge >= 0.3 is 21.3 Å². The minimum atomic E-state index is -5.63. The van der Waals surface area contributed by atoms with Gasteiger partial charge < -0.3 is 44.8 Å². The summed E-state index contributed by atoms with van der Waals surface area (Å²) in [6, 6.07) is 0.924. The molecule has 0 bridgehead atoms. The molecule has 2 unspecified atom stereocenters. The largest absolute Gasteiger partial charge is 0.483 e. The van der Waals surface area contributed by atoms with Crippen LogP contribution in [0, 0.1) is 0 Å². The zero-order valence-corrected chi connectivity index (χ0v) is 20.5. The fraction of sp³-hybridized carbons (Fsp3) is 0.733. The number of aromatic amines is 1. The van der Waals surface area contributed by atoms with Gasteiger partial charge in [0.05, 0.1) is 19.3 Å². The fourth-order valence-corrected chi connectivity index (χ4v) is 5.63. The topological polar surface area (TPSA) is 326 Å². The molecular weight excluding hydrogens is 568 g/mol. The van der Waals surface area contributed by atoms with E-state index in [1.54, 1.807) is 0 Å². The van der Waals surface area contributed by atoms with E-state index in [9.17, 15) is 54.0 Å². The van der Waals surface area contributed by atoms with Gasteiger partial charge in [-0.05, 0) is 5.53 Å². The molecule has 0 amide bonds. The molecule has 2 saturated heterocycles. The van der Waals surface area contributed by atoms with Crippen molar-refractivity contribution in [1.82, 2.24) is 9.55 Å². The number of phosphoric ester groups is 2. The zero-order chi connectivity index (χ0) is 28.4. The van der Waals surface area contributed by atoms with Gasteiger partial charge in [0, 0.05) is 17.2 Å². The molecule has 0 spiro atoms. The number of aromatic nitrogens is 2. The third-order valence-electron chi connectivity index (χ3n) is 5.30. The fourth-order valence-electron chi connectivity index (χ4n) is 3.47. The summed E-state index contributed by atoms with van der Waals surface area (Å²) in [4.78, 5) is 47.1. The van der Waals surface area contributed by atoms with Crippen molar-refractivity contribution >= 4 is 15.6 Å². The summed E-state index contributed by atoms with van der Waals surface area (Å²) in [7, 11) is -11.1. The molecule has 2 aliphatic rings. The number of hydrogen-bond acceptors (Lipinski definition) is 15. The van der Waals surface area contributed by atoms with Crippen LogP contribution in [0.3, 0.4) is 0 Å². The summed E-state index contributed by atoms with van der Waals surface area (Å²) < 4.78 is 48.5. The van der Waals surface area contributed by atoms with Crippen molar-refractivity contribution in [2.45, 2.75) is 55.2 Å². The second-order valence-corrected chi connectivity index (χ2v) is 10.9. The van der Waals surface area contributed by atoms with E-state index in [0.717, 1.165) is 16.8 Å². The summed E-state index contributed by atoms with van der Waals surface area (Å²) in [6.07, 6.45) is -15.5. The van der Waals surface area contributed by atoms with E-state index in [0.29, 0.717) is 0 Å². The predicted octanol–water partition coefficient (Wildman–Crippen LogP) is -3.48. The Morgan fingerprint density at radius 1 is 1.00 bits per heavy atom. The molecule has 0 aliphatic carbocycles. The van der Waals surface area contributed by atoms with Crippen LogP contribution >= 0.6 is 15.6 Å². The number of ether oxygens (including phenoxy) is 2. The lowest BCUT2D eigenvalue weighted by Gasteiger charge is -2.39. The van der Waals surface area contributed by atoms with Gasteiger partial charge in [-0.1, -0.05) is 5.11 Å². The van der Waals surface area contributed by atoms with Gasteiger partial charge in [-0.25, -0.2) is 13.9 Å². The van der Waals surface area contributed by atoms with Crippen LogP contribution in [-0.2, 0) is 32.0 Å². The number of azide groups is 1. The molecule has 21 nitrogen and oxygen atoms in total. The van der Waals surface area contributed by atoms with Crippen molar-refractivity contribution in [3.63, 3.8) is 0 Å². The number of nitrogens with zero attached hydrogens (tertiary/aromatic N) is 4. The Kier molecular flexibility index (Phi) is 9.64. The average Bonchev–Trinajstić information content (AvgIpc) is 3.10. The highest BCUT2D eigenvalue weighted by Crippen LogP contribution is 2.61. The second-order valence-electron chi connectivity index (χ2n) is 7.91. The van der Waals surface area contributed by atoms with Gasteiger partial charge in [0.25, 0.3) is 5.56 Å². The first-order chi connectivity index (χ1) is 17.7. The Labute approximate surface area is 210 Å². The quantitative estimate of drug-likeness (QED) is 0.0567. The lowest BCUT2D eigenvalue weighted by molar-refractivity contribution is -0.272. The smallest absolute Gasteiger partial charge is 0.388 e. The number of aliphatic hydroxyl groups is 5. The molecular formula is C15H23N5O16P2. The number of nitrogens with one attached hydrogen (secondary N) is 1.